The highest BCUT2D eigenvalue weighted by Gasteiger charge is 2.31. The van der Waals surface area contributed by atoms with E-state index in [4.69, 9.17) is 9.47 Å². The van der Waals surface area contributed by atoms with Crippen molar-refractivity contribution in [2.45, 2.75) is 6.04 Å². The third-order valence-electron chi connectivity index (χ3n) is 5.08. The van der Waals surface area contributed by atoms with Gasteiger partial charge in [-0.2, -0.15) is 0 Å². The van der Waals surface area contributed by atoms with Crippen LogP contribution in [0.3, 0.4) is 0 Å². The Hall–Kier alpha value is -2.63. The van der Waals surface area contributed by atoms with Crippen molar-refractivity contribution < 1.29 is 19.5 Å². The van der Waals surface area contributed by atoms with Gasteiger partial charge in [0.25, 0.3) is 0 Å². The molecule has 2 heterocycles. The molecule has 0 saturated carbocycles. The number of ether oxygens (including phenoxy) is 2. The molecule has 1 saturated heterocycles. The van der Waals surface area contributed by atoms with Gasteiger partial charge >= 0.3 is 0 Å². The largest absolute Gasteiger partial charge is 0.505 e. The number of phenols is 1. The van der Waals surface area contributed by atoms with Crippen molar-refractivity contribution in [3.63, 3.8) is 0 Å². The van der Waals surface area contributed by atoms with Crippen LogP contribution in [0.2, 0.25) is 0 Å². The van der Waals surface area contributed by atoms with Crippen LogP contribution in [0.1, 0.15) is 17.2 Å². The van der Waals surface area contributed by atoms with Crippen molar-refractivity contribution >= 4 is 10.9 Å². The summed E-state index contributed by atoms with van der Waals surface area (Å²) in [5.41, 5.74) is 2.70. The maximum Gasteiger partial charge on any atom is 0.151 e. The summed E-state index contributed by atoms with van der Waals surface area (Å²) >= 11 is 0. The second kappa shape index (κ2) is 7.32. The smallest absolute Gasteiger partial charge is 0.151 e. The zero-order valence-corrected chi connectivity index (χ0v) is 14.8. The van der Waals surface area contributed by atoms with Crippen LogP contribution >= 0.6 is 0 Å². The molecule has 0 radical (unpaired) electrons. The van der Waals surface area contributed by atoms with Crippen LogP contribution in [-0.2, 0) is 4.74 Å². The van der Waals surface area contributed by atoms with Gasteiger partial charge in [-0.15, -0.1) is 0 Å². The zero-order valence-electron chi connectivity index (χ0n) is 14.8. The molecule has 1 aliphatic rings. The molecule has 1 aliphatic heterocycles. The Morgan fingerprint density at radius 1 is 1.08 bits per heavy atom. The molecule has 3 aromatic rings. The first-order valence-electron chi connectivity index (χ1n) is 8.91. The molecular weight excluding hydrogens is 328 g/mol. The summed E-state index contributed by atoms with van der Waals surface area (Å²) in [5.74, 6) is 1.09. The van der Waals surface area contributed by atoms with E-state index in [-0.39, 0.29) is 11.8 Å². The number of nitrogens with one attached hydrogen (secondary N) is 1. The zero-order chi connectivity index (χ0) is 17.9. The standard InChI is InChI=1S/C21H22N2O3/c1-25-17-7-4-16(5-8-17)20(23-11-13-26-14-12-23)18-9-6-15-3-2-10-22-19(15)21(18)24/h2-10,20,24H,11-14H2,1H3/p+1/t20-/m1/s1. The van der Waals surface area contributed by atoms with Gasteiger partial charge in [-0.1, -0.05) is 12.1 Å². The van der Waals surface area contributed by atoms with Crippen LogP contribution in [0.15, 0.2) is 54.7 Å². The number of benzene rings is 2. The maximum absolute atomic E-state index is 11.0. The van der Waals surface area contributed by atoms with Crippen LogP contribution in [-0.4, -0.2) is 43.5 Å². The molecule has 2 N–H and O–H groups in total. The summed E-state index contributed by atoms with van der Waals surface area (Å²) in [6, 6.07) is 16.0. The number of methoxy groups -OCH3 is 1. The molecule has 134 valence electrons. The minimum Gasteiger partial charge on any atom is -0.505 e. The lowest BCUT2D eigenvalue weighted by molar-refractivity contribution is -0.933. The van der Waals surface area contributed by atoms with Crippen LogP contribution in [0.25, 0.3) is 10.9 Å². The predicted octanol–water partition coefficient (Wildman–Crippen LogP) is 1.95. The number of morpholine rings is 1. The van der Waals surface area contributed by atoms with Crippen molar-refractivity contribution in [3.05, 3.63) is 65.9 Å². The minimum atomic E-state index is 0.0243. The van der Waals surface area contributed by atoms with E-state index in [1.54, 1.807) is 13.3 Å². The summed E-state index contributed by atoms with van der Waals surface area (Å²) in [4.78, 5) is 5.77. The molecule has 2 aromatic carbocycles. The lowest BCUT2D eigenvalue weighted by Gasteiger charge is -2.32. The molecule has 5 nitrogen and oxygen atoms in total. The number of rotatable bonds is 4. The number of pyridine rings is 1. The molecule has 1 atom stereocenters. The lowest BCUT2D eigenvalue weighted by atomic mass is 9.94. The first-order chi connectivity index (χ1) is 12.8. The van der Waals surface area contributed by atoms with E-state index >= 15 is 0 Å². The van der Waals surface area contributed by atoms with E-state index in [2.05, 4.69) is 17.1 Å². The van der Waals surface area contributed by atoms with E-state index in [9.17, 15) is 5.11 Å². The number of hydrogen-bond donors (Lipinski definition) is 2. The van der Waals surface area contributed by atoms with Crippen molar-refractivity contribution in [1.82, 2.24) is 4.98 Å². The second-order valence-corrected chi connectivity index (χ2v) is 6.56. The summed E-state index contributed by atoms with van der Waals surface area (Å²) in [6.45, 7) is 3.26. The third-order valence-corrected chi connectivity index (χ3v) is 5.08. The summed E-state index contributed by atoms with van der Waals surface area (Å²) in [5, 5.41) is 11.9. The predicted molar refractivity (Wildman–Crippen MR) is 99.8 cm³/mol. The van der Waals surface area contributed by atoms with E-state index < -0.39 is 0 Å². The summed E-state index contributed by atoms with van der Waals surface area (Å²) in [7, 11) is 1.67. The Kier molecular flexibility index (Phi) is 4.73. The Morgan fingerprint density at radius 3 is 2.58 bits per heavy atom. The molecule has 0 amide bonds. The number of fused-ring (bicyclic) bond motifs is 1. The van der Waals surface area contributed by atoms with Gasteiger partial charge in [0.05, 0.1) is 25.9 Å². The number of nitrogens with zero attached hydrogens (tertiary/aromatic N) is 1. The third kappa shape index (κ3) is 3.11. The minimum absolute atomic E-state index is 0.0243. The summed E-state index contributed by atoms with van der Waals surface area (Å²) < 4.78 is 10.8. The second-order valence-electron chi connectivity index (χ2n) is 6.56. The average Bonchev–Trinajstić information content (AvgIpc) is 2.71. The van der Waals surface area contributed by atoms with E-state index in [0.717, 1.165) is 48.6 Å². The molecular formula is C21H23N2O3+. The number of quaternary nitrogens is 1. The fraction of sp³-hybridized carbons (Fsp3) is 0.286. The fourth-order valence-corrected chi connectivity index (χ4v) is 3.73. The number of phenolic OH excluding ortho intramolecular Hbond substituents is 1. The Bertz CT molecular complexity index is 889. The Balaban J connectivity index is 1.82. The highest BCUT2D eigenvalue weighted by Crippen LogP contribution is 2.33. The number of aromatic nitrogens is 1. The quantitative estimate of drug-likeness (QED) is 0.754. The molecule has 0 bridgehead atoms. The van der Waals surface area contributed by atoms with Crippen LogP contribution in [0.4, 0.5) is 0 Å². The van der Waals surface area contributed by atoms with Gasteiger partial charge in [-0.25, -0.2) is 0 Å². The van der Waals surface area contributed by atoms with Gasteiger partial charge in [0.15, 0.2) is 5.75 Å². The van der Waals surface area contributed by atoms with Gasteiger partial charge in [-0.05, 0) is 36.4 Å². The molecule has 0 aliphatic carbocycles. The van der Waals surface area contributed by atoms with Crippen molar-refractivity contribution in [3.8, 4) is 11.5 Å². The van der Waals surface area contributed by atoms with Gasteiger partial charge in [0.2, 0.25) is 0 Å². The van der Waals surface area contributed by atoms with Crippen molar-refractivity contribution in [2.75, 3.05) is 33.4 Å². The van der Waals surface area contributed by atoms with Crippen molar-refractivity contribution in [2.24, 2.45) is 0 Å². The van der Waals surface area contributed by atoms with Crippen LogP contribution in [0, 0.1) is 0 Å². The van der Waals surface area contributed by atoms with Gasteiger partial charge in [0, 0.05) is 17.1 Å². The van der Waals surface area contributed by atoms with E-state index in [0.29, 0.717) is 5.52 Å². The fourth-order valence-electron chi connectivity index (χ4n) is 3.73. The first-order valence-corrected chi connectivity index (χ1v) is 8.91. The molecule has 0 spiro atoms. The maximum atomic E-state index is 11.0. The van der Waals surface area contributed by atoms with Crippen molar-refractivity contribution in [1.29, 1.82) is 0 Å². The van der Waals surface area contributed by atoms with Gasteiger partial charge < -0.3 is 19.5 Å². The topological polar surface area (TPSA) is 56.0 Å². The normalized spacial score (nSPS) is 16.5. The summed E-state index contributed by atoms with van der Waals surface area (Å²) in [6.07, 6.45) is 1.72. The first kappa shape index (κ1) is 16.8. The SMILES string of the molecule is COc1ccc([C@H](c2ccc3cccnc3c2O)[NH+]2CCOCC2)cc1. The van der Waals surface area contributed by atoms with Crippen LogP contribution < -0.4 is 9.64 Å². The van der Waals surface area contributed by atoms with E-state index in [1.165, 1.54) is 4.90 Å². The highest BCUT2D eigenvalue weighted by atomic mass is 16.5. The molecule has 1 fully saturated rings. The molecule has 1 aromatic heterocycles. The molecule has 5 heteroatoms. The van der Waals surface area contributed by atoms with E-state index in [1.807, 2.05) is 36.4 Å². The van der Waals surface area contributed by atoms with Gasteiger partial charge in [-0.3, -0.25) is 4.98 Å². The molecule has 4 rings (SSSR count). The van der Waals surface area contributed by atoms with Crippen LogP contribution in [0.5, 0.6) is 11.5 Å². The molecule has 0 unspecified atom stereocenters. The highest BCUT2D eigenvalue weighted by molar-refractivity contribution is 5.85. The Morgan fingerprint density at radius 2 is 1.85 bits per heavy atom. The van der Waals surface area contributed by atoms with Gasteiger partial charge in [0.1, 0.15) is 30.4 Å². The Labute approximate surface area is 152 Å². The number of hydrogen-bond acceptors (Lipinski definition) is 4. The average molecular weight is 351 g/mol. The number of aromatic hydroxyl groups is 1. The molecule has 26 heavy (non-hydrogen) atoms. The lowest BCUT2D eigenvalue weighted by Crippen LogP contribution is -3.14. The monoisotopic (exact) mass is 351 g/mol.